The molecule has 0 unspecified atom stereocenters. The minimum absolute atomic E-state index is 0.116. The number of nitrogens with one attached hydrogen (secondary N) is 2. The van der Waals surface area contributed by atoms with E-state index in [0.717, 1.165) is 34.3 Å². The van der Waals surface area contributed by atoms with Gasteiger partial charge in [0.1, 0.15) is 5.58 Å². The Bertz CT molecular complexity index is 1200. The average Bonchev–Trinajstić information content (AvgIpc) is 3.27. The van der Waals surface area contributed by atoms with Gasteiger partial charge >= 0.3 is 5.63 Å². The normalized spacial score (nSPS) is 10.8. The summed E-state index contributed by atoms with van der Waals surface area (Å²) in [6, 6.07) is 18.6. The van der Waals surface area contributed by atoms with Gasteiger partial charge in [0.2, 0.25) is 0 Å². The smallest absolute Gasteiger partial charge is 0.336 e. The van der Waals surface area contributed by atoms with Gasteiger partial charge in [-0.1, -0.05) is 25.1 Å². The first kappa shape index (κ1) is 19.0. The van der Waals surface area contributed by atoms with Crippen molar-refractivity contribution >= 4 is 39.6 Å². The minimum Gasteiger partial charge on any atom is -0.423 e. The van der Waals surface area contributed by atoms with Crippen LogP contribution in [0.15, 0.2) is 75.3 Å². The Balaban J connectivity index is 1.46. The van der Waals surface area contributed by atoms with Crippen LogP contribution in [0, 0.1) is 0 Å². The van der Waals surface area contributed by atoms with E-state index >= 15 is 0 Å². The molecule has 0 atom stereocenters. The van der Waals surface area contributed by atoms with Crippen LogP contribution in [0.2, 0.25) is 0 Å². The summed E-state index contributed by atoms with van der Waals surface area (Å²) in [6.07, 6.45) is 0.886. The largest absolute Gasteiger partial charge is 0.423 e. The summed E-state index contributed by atoms with van der Waals surface area (Å²) in [5.41, 5.74) is 3.90. The van der Waals surface area contributed by atoms with Crippen LogP contribution in [0.25, 0.3) is 11.0 Å². The molecule has 29 heavy (non-hydrogen) atoms. The molecule has 0 aliphatic carbocycles. The van der Waals surface area contributed by atoms with E-state index in [1.54, 1.807) is 6.07 Å². The molecular weight excluding hydrogens is 384 g/mol. The topological polar surface area (TPSA) is 71.3 Å². The first-order chi connectivity index (χ1) is 14.1. The van der Waals surface area contributed by atoms with Gasteiger partial charge in [-0.2, -0.15) is 0 Å². The summed E-state index contributed by atoms with van der Waals surface area (Å²) < 4.78 is 5.36. The molecule has 0 aliphatic heterocycles. The molecule has 0 saturated carbocycles. The number of hydrogen-bond acceptors (Lipinski definition) is 5. The Morgan fingerprint density at radius 1 is 1.03 bits per heavy atom. The molecule has 0 spiro atoms. The third kappa shape index (κ3) is 4.38. The molecule has 2 aromatic carbocycles. The Morgan fingerprint density at radius 3 is 2.55 bits per heavy atom. The van der Waals surface area contributed by atoms with Crippen LogP contribution >= 0.6 is 11.3 Å². The van der Waals surface area contributed by atoms with Gasteiger partial charge < -0.3 is 15.1 Å². The fourth-order valence-corrected chi connectivity index (χ4v) is 3.73. The lowest BCUT2D eigenvalue weighted by Gasteiger charge is -2.10. The van der Waals surface area contributed by atoms with Gasteiger partial charge in [-0.3, -0.25) is 4.79 Å². The fourth-order valence-electron chi connectivity index (χ4n) is 3.11. The van der Waals surface area contributed by atoms with Crippen LogP contribution in [0.3, 0.4) is 0 Å². The van der Waals surface area contributed by atoms with Gasteiger partial charge in [0.25, 0.3) is 5.91 Å². The monoisotopic (exact) mass is 404 g/mol. The van der Waals surface area contributed by atoms with E-state index in [1.807, 2.05) is 47.8 Å². The van der Waals surface area contributed by atoms with Gasteiger partial charge in [0, 0.05) is 29.4 Å². The maximum Gasteiger partial charge on any atom is 0.336 e. The van der Waals surface area contributed by atoms with Crippen molar-refractivity contribution in [1.82, 2.24) is 0 Å². The molecule has 2 aromatic heterocycles. The van der Waals surface area contributed by atoms with Crippen LogP contribution < -0.4 is 16.3 Å². The summed E-state index contributed by atoms with van der Waals surface area (Å²) in [5, 5.41) is 9.00. The highest BCUT2D eigenvalue weighted by Crippen LogP contribution is 2.21. The SMILES string of the molecule is CCc1ccc2c(CNc3ccc(NC(=O)c4cccs4)cc3)cc(=O)oc2c1. The quantitative estimate of drug-likeness (QED) is 0.429. The molecule has 2 N–H and O–H groups in total. The predicted octanol–water partition coefficient (Wildman–Crippen LogP) is 5.28. The second kappa shape index (κ2) is 8.32. The number of carbonyl (C=O) groups is 1. The number of aryl methyl sites for hydroxylation is 1. The first-order valence-electron chi connectivity index (χ1n) is 9.37. The number of anilines is 2. The van der Waals surface area contributed by atoms with E-state index in [9.17, 15) is 9.59 Å². The van der Waals surface area contributed by atoms with Crippen molar-refractivity contribution in [3.05, 3.63) is 92.5 Å². The number of rotatable bonds is 6. The van der Waals surface area contributed by atoms with Crippen molar-refractivity contribution < 1.29 is 9.21 Å². The van der Waals surface area contributed by atoms with Gasteiger partial charge in [-0.05, 0) is 59.3 Å². The molecular formula is C23H20N2O3S. The van der Waals surface area contributed by atoms with E-state index in [0.29, 0.717) is 17.0 Å². The minimum atomic E-state index is -0.353. The second-order valence-electron chi connectivity index (χ2n) is 6.64. The molecule has 0 fully saturated rings. The molecule has 146 valence electrons. The van der Waals surface area contributed by atoms with E-state index in [4.69, 9.17) is 4.42 Å². The van der Waals surface area contributed by atoms with Crippen molar-refractivity contribution in [1.29, 1.82) is 0 Å². The van der Waals surface area contributed by atoms with Crippen LogP contribution in [0.4, 0.5) is 11.4 Å². The first-order valence-corrected chi connectivity index (χ1v) is 10.2. The van der Waals surface area contributed by atoms with Crippen LogP contribution in [0.1, 0.15) is 27.7 Å². The zero-order valence-electron chi connectivity index (χ0n) is 15.9. The van der Waals surface area contributed by atoms with Crippen LogP contribution in [-0.4, -0.2) is 5.91 Å². The lowest BCUT2D eigenvalue weighted by Crippen LogP contribution is -2.10. The predicted molar refractivity (Wildman–Crippen MR) is 118 cm³/mol. The number of benzene rings is 2. The van der Waals surface area contributed by atoms with E-state index in [2.05, 4.69) is 23.6 Å². The van der Waals surface area contributed by atoms with Crippen LogP contribution in [-0.2, 0) is 13.0 Å². The van der Waals surface area contributed by atoms with Crippen LogP contribution in [0.5, 0.6) is 0 Å². The Morgan fingerprint density at radius 2 is 1.83 bits per heavy atom. The molecule has 0 bridgehead atoms. The maximum absolute atomic E-state index is 12.1. The summed E-state index contributed by atoms with van der Waals surface area (Å²) in [5.74, 6) is -0.116. The average molecular weight is 404 g/mol. The highest BCUT2D eigenvalue weighted by molar-refractivity contribution is 7.12. The molecule has 4 rings (SSSR count). The molecule has 0 aliphatic rings. The zero-order valence-corrected chi connectivity index (χ0v) is 16.7. The molecule has 0 saturated heterocycles. The third-order valence-electron chi connectivity index (χ3n) is 4.67. The standard InChI is InChI=1S/C23H20N2O3S/c1-2-15-5-10-19-16(13-22(26)28-20(19)12-15)14-24-17-6-8-18(9-7-17)25-23(27)21-4-3-11-29-21/h3-13,24H,2,14H2,1H3,(H,25,27). The summed E-state index contributed by atoms with van der Waals surface area (Å²) in [6.45, 7) is 2.56. The number of carbonyl (C=O) groups excluding carboxylic acids is 1. The zero-order chi connectivity index (χ0) is 20.2. The van der Waals surface area contributed by atoms with Crippen molar-refractivity contribution in [2.24, 2.45) is 0 Å². The summed E-state index contributed by atoms with van der Waals surface area (Å²) >= 11 is 1.41. The fraction of sp³-hybridized carbons (Fsp3) is 0.130. The molecule has 5 nitrogen and oxygen atoms in total. The number of fused-ring (bicyclic) bond motifs is 1. The molecule has 6 heteroatoms. The highest BCUT2D eigenvalue weighted by Gasteiger charge is 2.08. The Kier molecular flexibility index (Phi) is 5.44. The highest BCUT2D eigenvalue weighted by atomic mass is 32.1. The van der Waals surface area contributed by atoms with E-state index in [-0.39, 0.29) is 11.5 Å². The Labute approximate surface area is 172 Å². The molecule has 1 amide bonds. The second-order valence-corrected chi connectivity index (χ2v) is 7.58. The summed E-state index contributed by atoms with van der Waals surface area (Å²) in [7, 11) is 0. The van der Waals surface area contributed by atoms with Gasteiger partial charge in [0.15, 0.2) is 0 Å². The van der Waals surface area contributed by atoms with Gasteiger partial charge in [-0.25, -0.2) is 4.79 Å². The molecule has 4 aromatic rings. The number of thiophene rings is 1. The molecule has 0 radical (unpaired) electrons. The number of hydrogen-bond donors (Lipinski definition) is 2. The third-order valence-corrected chi connectivity index (χ3v) is 5.54. The molecule has 2 heterocycles. The van der Waals surface area contributed by atoms with Gasteiger partial charge in [-0.15, -0.1) is 11.3 Å². The van der Waals surface area contributed by atoms with E-state index in [1.165, 1.54) is 17.4 Å². The maximum atomic E-state index is 12.1. The van der Waals surface area contributed by atoms with Crippen molar-refractivity contribution in [3.63, 3.8) is 0 Å². The van der Waals surface area contributed by atoms with Crippen molar-refractivity contribution in [3.8, 4) is 0 Å². The summed E-state index contributed by atoms with van der Waals surface area (Å²) in [4.78, 5) is 24.7. The lowest BCUT2D eigenvalue weighted by molar-refractivity contribution is 0.103. The van der Waals surface area contributed by atoms with E-state index < -0.39 is 0 Å². The van der Waals surface area contributed by atoms with Gasteiger partial charge in [0.05, 0.1) is 4.88 Å². The number of amides is 1. The van der Waals surface area contributed by atoms with Crippen molar-refractivity contribution in [2.75, 3.05) is 10.6 Å². The lowest BCUT2D eigenvalue weighted by atomic mass is 10.1. The van der Waals surface area contributed by atoms with Crippen molar-refractivity contribution in [2.45, 2.75) is 19.9 Å². The Hall–Kier alpha value is -3.38.